The minimum atomic E-state index is 0.587. The van der Waals surface area contributed by atoms with Gasteiger partial charge in [-0.1, -0.05) is 52.5 Å². The molecule has 8 heteroatoms. The van der Waals surface area contributed by atoms with Crippen molar-refractivity contribution in [2.45, 2.75) is 6.54 Å². The van der Waals surface area contributed by atoms with Gasteiger partial charge >= 0.3 is 0 Å². The molecule has 2 aromatic rings. The van der Waals surface area contributed by atoms with Gasteiger partial charge in [-0.15, -0.1) is 0 Å². The van der Waals surface area contributed by atoms with Gasteiger partial charge in [-0.05, 0) is 42.5 Å². The minimum Gasteiger partial charge on any atom is -0.346 e. The molecule has 1 heterocycles. The Morgan fingerprint density at radius 3 is 2.23 bits per heavy atom. The molecule has 1 fully saturated rings. The van der Waals surface area contributed by atoms with Crippen molar-refractivity contribution in [3.63, 3.8) is 0 Å². The van der Waals surface area contributed by atoms with E-state index in [0.29, 0.717) is 25.2 Å². The first kappa shape index (κ1) is 20.0. The predicted molar refractivity (Wildman–Crippen MR) is 116 cm³/mol. The molecule has 1 N–H and O–H groups in total. The number of rotatable bonds is 3. The molecule has 0 radical (unpaired) electrons. The van der Waals surface area contributed by atoms with E-state index in [1.807, 2.05) is 18.2 Å². The molecule has 2 aromatic carbocycles. The van der Waals surface area contributed by atoms with Gasteiger partial charge in [0.15, 0.2) is 5.11 Å². The molecule has 3 nitrogen and oxygen atoms in total. The Morgan fingerprint density at radius 2 is 1.58 bits per heavy atom. The van der Waals surface area contributed by atoms with E-state index in [9.17, 15) is 0 Å². The first-order chi connectivity index (χ1) is 12.4. The Bertz CT molecular complexity index is 787. The predicted octanol–water partition coefficient (Wildman–Crippen LogP) is 5.81. The molecule has 3 rings (SSSR count). The monoisotopic (exact) mass is 447 g/mol. The van der Waals surface area contributed by atoms with Crippen LogP contribution in [0.15, 0.2) is 36.4 Å². The highest BCUT2D eigenvalue weighted by atomic mass is 35.5. The average Bonchev–Trinajstić information content (AvgIpc) is 2.62. The highest BCUT2D eigenvalue weighted by Crippen LogP contribution is 2.27. The van der Waals surface area contributed by atoms with E-state index in [0.717, 1.165) is 44.0 Å². The maximum absolute atomic E-state index is 6.27. The summed E-state index contributed by atoms with van der Waals surface area (Å²) >= 11 is 30.3. The fourth-order valence-electron chi connectivity index (χ4n) is 2.80. The zero-order valence-corrected chi connectivity index (χ0v) is 17.7. The molecule has 0 saturated carbocycles. The first-order valence-corrected chi connectivity index (χ1v) is 10.0. The Balaban J connectivity index is 1.56. The number of hydrogen-bond donors (Lipinski definition) is 1. The summed E-state index contributed by atoms with van der Waals surface area (Å²) in [5.74, 6) is 0. The molecule has 0 spiro atoms. The van der Waals surface area contributed by atoms with Crippen LogP contribution in [0, 0.1) is 0 Å². The van der Waals surface area contributed by atoms with Gasteiger partial charge in [-0.2, -0.15) is 0 Å². The summed E-state index contributed by atoms with van der Waals surface area (Å²) in [6.07, 6.45) is 0. The van der Waals surface area contributed by atoms with Gasteiger partial charge in [0, 0.05) is 53.4 Å². The summed E-state index contributed by atoms with van der Waals surface area (Å²) in [5, 5.41) is 6.43. The van der Waals surface area contributed by atoms with E-state index < -0.39 is 0 Å². The highest BCUT2D eigenvalue weighted by molar-refractivity contribution is 7.80. The molecule has 138 valence electrons. The maximum Gasteiger partial charge on any atom is 0.173 e. The van der Waals surface area contributed by atoms with Crippen LogP contribution in [0.25, 0.3) is 0 Å². The van der Waals surface area contributed by atoms with Gasteiger partial charge < -0.3 is 10.2 Å². The van der Waals surface area contributed by atoms with Gasteiger partial charge in [-0.3, -0.25) is 4.90 Å². The summed E-state index contributed by atoms with van der Waals surface area (Å²) in [4.78, 5) is 4.44. The Kier molecular flexibility index (Phi) is 6.89. The molecule has 0 unspecified atom stereocenters. The quantitative estimate of drug-likeness (QED) is 0.596. The van der Waals surface area contributed by atoms with Crippen LogP contribution in [-0.4, -0.2) is 41.1 Å². The summed E-state index contributed by atoms with van der Waals surface area (Å²) in [6.45, 7) is 4.09. The lowest BCUT2D eigenvalue weighted by Crippen LogP contribution is -2.49. The number of anilines is 1. The molecule has 1 aliphatic heterocycles. The zero-order valence-electron chi connectivity index (χ0n) is 13.8. The number of thiocarbonyl (C=S) groups is 1. The topological polar surface area (TPSA) is 18.5 Å². The summed E-state index contributed by atoms with van der Waals surface area (Å²) in [5.41, 5.74) is 1.69. The largest absolute Gasteiger partial charge is 0.346 e. The second-order valence-electron chi connectivity index (χ2n) is 6.02. The van der Waals surface area contributed by atoms with Crippen LogP contribution >= 0.6 is 58.6 Å². The number of benzene rings is 2. The third-order valence-electron chi connectivity index (χ3n) is 4.27. The number of nitrogens with one attached hydrogen (secondary N) is 1. The van der Waals surface area contributed by atoms with E-state index in [4.69, 9.17) is 58.6 Å². The van der Waals surface area contributed by atoms with E-state index in [1.54, 1.807) is 18.2 Å². The molecule has 26 heavy (non-hydrogen) atoms. The molecule has 0 atom stereocenters. The number of piperazine rings is 1. The molecule has 0 amide bonds. The van der Waals surface area contributed by atoms with Crippen LogP contribution in [0.5, 0.6) is 0 Å². The van der Waals surface area contributed by atoms with Crippen molar-refractivity contribution in [2.24, 2.45) is 0 Å². The first-order valence-electron chi connectivity index (χ1n) is 8.10. The smallest absolute Gasteiger partial charge is 0.173 e. The van der Waals surface area contributed by atoms with E-state index in [2.05, 4.69) is 15.1 Å². The van der Waals surface area contributed by atoms with Gasteiger partial charge in [-0.25, -0.2) is 0 Å². The average molecular weight is 449 g/mol. The van der Waals surface area contributed by atoms with Gasteiger partial charge in [0.05, 0.1) is 10.7 Å². The third kappa shape index (κ3) is 4.94. The van der Waals surface area contributed by atoms with Crippen molar-refractivity contribution in [3.05, 3.63) is 62.1 Å². The number of nitrogens with zero attached hydrogens (tertiary/aromatic N) is 2. The Labute approximate surface area is 178 Å². The van der Waals surface area contributed by atoms with Crippen LogP contribution in [0.4, 0.5) is 5.69 Å². The lowest BCUT2D eigenvalue weighted by atomic mass is 10.2. The zero-order chi connectivity index (χ0) is 18.7. The van der Waals surface area contributed by atoms with E-state index >= 15 is 0 Å². The van der Waals surface area contributed by atoms with Crippen molar-refractivity contribution >= 4 is 69.4 Å². The summed E-state index contributed by atoms with van der Waals surface area (Å²) < 4.78 is 0. The molecule has 0 aliphatic carbocycles. The third-order valence-corrected chi connectivity index (χ3v) is 5.91. The van der Waals surface area contributed by atoms with Gasteiger partial charge in [0.25, 0.3) is 0 Å². The normalized spacial score (nSPS) is 15.2. The lowest BCUT2D eigenvalue weighted by molar-refractivity contribution is 0.177. The minimum absolute atomic E-state index is 0.587. The van der Waals surface area contributed by atoms with Crippen LogP contribution in [0.3, 0.4) is 0 Å². The summed E-state index contributed by atoms with van der Waals surface area (Å²) in [6, 6.07) is 10.9. The SMILES string of the molecule is S=C(Nc1cc(Cl)ccc1Cl)N1CCN(Cc2c(Cl)cccc2Cl)CC1. The van der Waals surface area contributed by atoms with Crippen molar-refractivity contribution < 1.29 is 0 Å². The highest BCUT2D eigenvalue weighted by Gasteiger charge is 2.21. The standard InChI is InChI=1S/C18H17Cl4N3S/c19-12-4-5-16(22)17(10-12)23-18(26)25-8-6-24(7-9-25)11-13-14(20)2-1-3-15(13)21/h1-5,10H,6-9,11H2,(H,23,26). The fraction of sp³-hybridized carbons (Fsp3) is 0.278. The van der Waals surface area contributed by atoms with Crippen LogP contribution in [-0.2, 0) is 6.54 Å². The van der Waals surface area contributed by atoms with Crippen molar-refractivity contribution in [1.82, 2.24) is 9.80 Å². The number of halogens is 4. The Hall–Kier alpha value is -0.750. The number of hydrogen-bond acceptors (Lipinski definition) is 2. The molecular formula is C18H17Cl4N3S. The Morgan fingerprint density at radius 1 is 0.923 bits per heavy atom. The summed E-state index contributed by atoms with van der Waals surface area (Å²) in [7, 11) is 0. The van der Waals surface area contributed by atoms with Crippen LogP contribution < -0.4 is 5.32 Å². The molecule has 0 aromatic heterocycles. The molecular weight excluding hydrogens is 432 g/mol. The maximum atomic E-state index is 6.27. The van der Waals surface area contributed by atoms with Gasteiger partial charge in [0.2, 0.25) is 0 Å². The molecule has 1 aliphatic rings. The second kappa shape index (κ2) is 8.96. The van der Waals surface area contributed by atoms with Crippen molar-refractivity contribution in [1.29, 1.82) is 0 Å². The second-order valence-corrected chi connectivity index (χ2v) is 8.06. The van der Waals surface area contributed by atoms with Crippen molar-refractivity contribution in [2.75, 3.05) is 31.5 Å². The van der Waals surface area contributed by atoms with Gasteiger partial charge in [0.1, 0.15) is 0 Å². The molecule has 0 bridgehead atoms. The van der Waals surface area contributed by atoms with E-state index in [1.165, 1.54) is 0 Å². The van der Waals surface area contributed by atoms with Crippen LogP contribution in [0.1, 0.15) is 5.56 Å². The molecule has 1 saturated heterocycles. The fourth-order valence-corrected chi connectivity index (χ4v) is 3.95. The lowest BCUT2D eigenvalue weighted by Gasteiger charge is -2.36. The van der Waals surface area contributed by atoms with Crippen LogP contribution in [0.2, 0.25) is 20.1 Å². The van der Waals surface area contributed by atoms with E-state index in [-0.39, 0.29) is 0 Å². The van der Waals surface area contributed by atoms with Crippen molar-refractivity contribution in [3.8, 4) is 0 Å².